The molecule has 0 radical (unpaired) electrons. The van der Waals surface area contributed by atoms with Crippen molar-refractivity contribution >= 4 is 21.6 Å². The van der Waals surface area contributed by atoms with Gasteiger partial charge in [0.15, 0.2) is 9.84 Å². The van der Waals surface area contributed by atoms with Crippen molar-refractivity contribution in [2.45, 2.75) is 11.4 Å². The van der Waals surface area contributed by atoms with Gasteiger partial charge in [0.1, 0.15) is 11.5 Å². The van der Waals surface area contributed by atoms with E-state index in [1.165, 1.54) is 12.3 Å². The Morgan fingerprint density at radius 3 is 2.44 bits per heavy atom. The number of nitrogens with two attached hydrogens (primary N) is 1. The zero-order valence-corrected chi connectivity index (χ0v) is 15.4. The number of hydrogen-bond donors (Lipinski definition) is 2. The maximum absolute atomic E-state index is 12.3. The van der Waals surface area contributed by atoms with Crippen LogP contribution in [0.25, 0.3) is 11.3 Å². The minimum atomic E-state index is -3.28. The first-order valence-corrected chi connectivity index (χ1v) is 9.98. The molecule has 0 saturated carbocycles. The second-order valence-corrected chi connectivity index (χ2v) is 7.99. The molecule has 0 aliphatic heterocycles. The van der Waals surface area contributed by atoms with Gasteiger partial charge < -0.3 is 11.1 Å². The second kappa shape index (κ2) is 7.55. The van der Waals surface area contributed by atoms with E-state index >= 15 is 0 Å². The molecule has 0 fully saturated rings. The maximum Gasteiger partial charge on any atom is 0.251 e. The van der Waals surface area contributed by atoms with Gasteiger partial charge in [-0.05, 0) is 29.8 Å². The predicted molar refractivity (Wildman–Crippen MR) is 103 cm³/mol. The summed E-state index contributed by atoms with van der Waals surface area (Å²) < 4.78 is 23.2. The van der Waals surface area contributed by atoms with Crippen LogP contribution >= 0.6 is 0 Å². The van der Waals surface area contributed by atoms with Crippen LogP contribution in [0.5, 0.6) is 0 Å². The third kappa shape index (κ3) is 4.48. The number of benzene rings is 2. The molecule has 0 spiro atoms. The average molecular weight is 382 g/mol. The Labute approximate surface area is 157 Å². The fourth-order valence-corrected chi connectivity index (χ4v) is 3.21. The van der Waals surface area contributed by atoms with Crippen molar-refractivity contribution in [3.8, 4) is 11.3 Å². The summed E-state index contributed by atoms with van der Waals surface area (Å²) in [6.07, 6.45) is 4.21. The van der Waals surface area contributed by atoms with Gasteiger partial charge in [-0.3, -0.25) is 9.78 Å². The maximum atomic E-state index is 12.3. The first kappa shape index (κ1) is 18.5. The van der Waals surface area contributed by atoms with E-state index in [0.717, 1.165) is 11.8 Å². The number of nitrogens with one attached hydrogen (secondary N) is 1. The highest BCUT2D eigenvalue weighted by Crippen LogP contribution is 2.21. The molecule has 3 rings (SSSR count). The fourth-order valence-electron chi connectivity index (χ4n) is 2.52. The van der Waals surface area contributed by atoms with Crippen molar-refractivity contribution in [2.75, 3.05) is 12.0 Å². The van der Waals surface area contributed by atoms with Crippen LogP contribution in [0.4, 0.5) is 5.82 Å². The topological polar surface area (TPSA) is 115 Å². The van der Waals surface area contributed by atoms with E-state index < -0.39 is 9.84 Å². The summed E-state index contributed by atoms with van der Waals surface area (Å²) in [5.41, 5.74) is 8.31. The molecule has 0 unspecified atom stereocenters. The van der Waals surface area contributed by atoms with Gasteiger partial charge in [-0.25, -0.2) is 13.4 Å². The Morgan fingerprint density at radius 2 is 1.78 bits per heavy atom. The van der Waals surface area contributed by atoms with Crippen molar-refractivity contribution in [1.29, 1.82) is 0 Å². The molecule has 138 valence electrons. The summed E-state index contributed by atoms with van der Waals surface area (Å²) in [6.45, 7) is 0.223. The Bertz CT molecular complexity index is 1080. The van der Waals surface area contributed by atoms with E-state index in [2.05, 4.69) is 15.3 Å². The van der Waals surface area contributed by atoms with Crippen LogP contribution in [0, 0.1) is 0 Å². The highest BCUT2D eigenvalue weighted by Gasteiger charge is 2.10. The molecule has 1 heterocycles. The quantitative estimate of drug-likeness (QED) is 0.698. The van der Waals surface area contributed by atoms with Gasteiger partial charge >= 0.3 is 0 Å². The van der Waals surface area contributed by atoms with Crippen LogP contribution in [0.3, 0.4) is 0 Å². The van der Waals surface area contributed by atoms with Crippen molar-refractivity contribution in [1.82, 2.24) is 15.3 Å². The lowest BCUT2D eigenvalue weighted by molar-refractivity contribution is 0.0951. The lowest BCUT2D eigenvalue weighted by atomic mass is 10.1. The molecule has 3 aromatic rings. The Kier molecular flexibility index (Phi) is 5.18. The van der Waals surface area contributed by atoms with E-state index in [1.807, 2.05) is 0 Å². The molecule has 7 nitrogen and oxygen atoms in total. The molecule has 0 bridgehead atoms. The van der Waals surface area contributed by atoms with Gasteiger partial charge in [-0.1, -0.05) is 24.3 Å². The number of rotatable bonds is 5. The molecule has 0 saturated heterocycles. The van der Waals surface area contributed by atoms with Gasteiger partial charge in [-0.2, -0.15) is 0 Å². The van der Waals surface area contributed by atoms with E-state index in [9.17, 15) is 13.2 Å². The van der Waals surface area contributed by atoms with Crippen LogP contribution in [0.15, 0.2) is 65.8 Å². The van der Waals surface area contributed by atoms with E-state index in [-0.39, 0.29) is 17.3 Å². The third-order valence-electron chi connectivity index (χ3n) is 3.93. The standard InChI is InChI=1S/C19H18N4O3S/c1-27(25,26)16-4-2-3-13(11-16)12-23-19(24)15-7-5-14(6-8-15)17-18(20)22-10-9-21-17/h2-11H,12H2,1H3,(H2,20,22)(H,23,24). The fraction of sp³-hybridized carbons (Fsp3) is 0.105. The number of anilines is 1. The molecule has 1 amide bonds. The number of nitrogens with zero attached hydrogens (tertiary/aromatic N) is 2. The molecule has 0 aliphatic rings. The van der Waals surface area contributed by atoms with Crippen molar-refractivity contribution < 1.29 is 13.2 Å². The van der Waals surface area contributed by atoms with Crippen LogP contribution in [-0.2, 0) is 16.4 Å². The monoisotopic (exact) mass is 382 g/mol. The van der Waals surface area contributed by atoms with Gasteiger partial charge in [0.25, 0.3) is 5.91 Å². The van der Waals surface area contributed by atoms with Gasteiger partial charge in [0.2, 0.25) is 0 Å². The molecule has 8 heteroatoms. The number of sulfone groups is 1. The molecular weight excluding hydrogens is 364 g/mol. The zero-order valence-electron chi connectivity index (χ0n) is 14.6. The first-order valence-electron chi connectivity index (χ1n) is 8.09. The summed E-state index contributed by atoms with van der Waals surface area (Å²) in [5.74, 6) is 0.0545. The van der Waals surface area contributed by atoms with Crippen LogP contribution in [0.1, 0.15) is 15.9 Å². The second-order valence-electron chi connectivity index (χ2n) is 5.97. The number of aromatic nitrogens is 2. The summed E-state index contributed by atoms with van der Waals surface area (Å²) in [4.78, 5) is 20.7. The lowest BCUT2D eigenvalue weighted by Crippen LogP contribution is -2.22. The minimum absolute atomic E-state index is 0.222. The largest absolute Gasteiger partial charge is 0.382 e. The van der Waals surface area contributed by atoms with Gasteiger partial charge in [-0.15, -0.1) is 0 Å². The van der Waals surface area contributed by atoms with Crippen molar-refractivity contribution in [3.05, 3.63) is 72.1 Å². The van der Waals surface area contributed by atoms with Gasteiger partial charge in [0, 0.05) is 36.3 Å². The molecule has 27 heavy (non-hydrogen) atoms. The van der Waals surface area contributed by atoms with E-state index in [1.54, 1.807) is 48.7 Å². The molecule has 2 aromatic carbocycles. The highest BCUT2D eigenvalue weighted by molar-refractivity contribution is 7.90. The van der Waals surface area contributed by atoms with Gasteiger partial charge in [0.05, 0.1) is 4.90 Å². The van der Waals surface area contributed by atoms with Crippen LogP contribution in [-0.4, -0.2) is 30.5 Å². The number of nitrogen functional groups attached to an aromatic ring is 1. The van der Waals surface area contributed by atoms with Crippen LogP contribution < -0.4 is 11.1 Å². The summed E-state index contributed by atoms with van der Waals surface area (Å²) in [5, 5.41) is 2.78. The third-order valence-corrected chi connectivity index (χ3v) is 5.04. The highest BCUT2D eigenvalue weighted by atomic mass is 32.2. The zero-order chi connectivity index (χ0) is 19.4. The molecule has 1 aromatic heterocycles. The minimum Gasteiger partial charge on any atom is -0.382 e. The van der Waals surface area contributed by atoms with Crippen molar-refractivity contribution in [2.24, 2.45) is 0 Å². The van der Waals surface area contributed by atoms with E-state index in [0.29, 0.717) is 22.6 Å². The Balaban J connectivity index is 1.69. The number of amides is 1. The van der Waals surface area contributed by atoms with E-state index in [4.69, 9.17) is 5.73 Å². The summed E-state index contributed by atoms with van der Waals surface area (Å²) >= 11 is 0. The average Bonchev–Trinajstić information content (AvgIpc) is 2.66. The molecule has 0 aliphatic carbocycles. The molecule has 0 atom stereocenters. The Hall–Kier alpha value is -3.26. The normalized spacial score (nSPS) is 11.1. The molecular formula is C19H18N4O3S. The number of carbonyl (C=O) groups excluding carboxylic acids is 1. The Morgan fingerprint density at radius 1 is 1.07 bits per heavy atom. The smallest absolute Gasteiger partial charge is 0.251 e. The number of hydrogen-bond acceptors (Lipinski definition) is 6. The van der Waals surface area contributed by atoms with Crippen LogP contribution in [0.2, 0.25) is 0 Å². The summed E-state index contributed by atoms with van der Waals surface area (Å²) in [6, 6.07) is 13.3. The molecule has 3 N–H and O–H groups in total. The predicted octanol–water partition coefficient (Wildman–Crippen LogP) is 2.06. The summed E-state index contributed by atoms with van der Waals surface area (Å²) in [7, 11) is -3.28. The SMILES string of the molecule is CS(=O)(=O)c1cccc(CNC(=O)c2ccc(-c3nccnc3N)cc2)c1. The lowest BCUT2D eigenvalue weighted by Gasteiger charge is -2.08. The number of carbonyl (C=O) groups is 1. The van der Waals surface area contributed by atoms with Crippen molar-refractivity contribution in [3.63, 3.8) is 0 Å². The first-order chi connectivity index (χ1) is 12.8.